The molecule has 2 rings (SSSR count). The Labute approximate surface area is 140 Å². The Morgan fingerprint density at radius 1 is 1.04 bits per heavy atom. The standard InChI is InChI=1S/C19H21F2NO2/c1-13(14-9-11-16(12-10-14)24-18(20)21)22-17(23)19(2,3)15-7-5-4-6-8-15/h4-13,18H,1-3H3,(H,22,23)/t13-/m1/s1. The predicted octanol–water partition coefficient (Wildman–Crippen LogP) is 4.44. The van der Waals surface area contributed by atoms with Crippen molar-refractivity contribution in [3.63, 3.8) is 0 Å². The van der Waals surface area contributed by atoms with Gasteiger partial charge in [-0.25, -0.2) is 0 Å². The zero-order valence-electron chi connectivity index (χ0n) is 13.9. The lowest BCUT2D eigenvalue weighted by atomic mass is 9.83. The van der Waals surface area contributed by atoms with Crippen LogP contribution in [0.3, 0.4) is 0 Å². The Morgan fingerprint density at radius 2 is 1.62 bits per heavy atom. The second kappa shape index (κ2) is 7.43. The Kier molecular flexibility index (Phi) is 5.54. The molecule has 5 heteroatoms. The Morgan fingerprint density at radius 3 is 2.17 bits per heavy atom. The van der Waals surface area contributed by atoms with Gasteiger partial charge in [-0.05, 0) is 44.0 Å². The molecule has 1 atom stereocenters. The van der Waals surface area contributed by atoms with Crippen LogP contribution in [0.25, 0.3) is 0 Å². The number of benzene rings is 2. The van der Waals surface area contributed by atoms with Gasteiger partial charge in [0.25, 0.3) is 0 Å². The number of carbonyl (C=O) groups is 1. The number of nitrogens with one attached hydrogen (secondary N) is 1. The zero-order valence-corrected chi connectivity index (χ0v) is 13.9. The number of rotatable bonds is 6. The Bertz CT molecular complexity index is 670. The highest BCUT2D eigenvalue weighted by Crippen LogP contribution is 2.25. The van der Waals surface area contributed by atoms with E-state index in [-0.39, 0.29) is 17.7 Å². The molecule has 128 valence electrons. The summed E-state index contributed by atoms with van der Waals surface area (Å²) in [4.78, 5) is 12.6. The summed E-state index contributed by atoms with van der Waals surface area (Å²) in [5.74, 6) is -0.00833. The average molecular weight is 333 g/mol. The molecule has 0 spiro atoms. The summed E-state index contributed by atoms with van der Waals surface area (Å²) in [5.41, 5.74) is 1.07. The van der Waals surface area contributed by atoms with Gasteiger partial charge < -0.3 is 10.1 Å². The highest BCUT2D eigenvalue weighted by Gasteiger charge is 2.30. The van der Waals surface area contributed by atoms with Gasteiger partial charge in [-0.3, -0.25) is 4.79 Å². The van der Waals surface area contributed by atoms with Gasteiger partial charge in [0, 0.05) is 0 Å². The van der Waals surface area contributed by atoms with E-state index in [4.69, 9.17) is 0 Å². The molecule has 0 aliphatic heterocycles. The number of hydrogen-bond donors (Lipinski definition) is 1. The monoisotopic (exact) mass is 333 g/mol. The van der Waals surface area contributed by atoms with Crippen molar-refractivity contribution in [3.05, 3.63) is 65.7 Å². The van der Waals surface area contributed by atoms with E-state index in [0.29, 0.717) is 0 Å². The number of amides is 1. The van der Waals surface area contributed by atoms with Crippen LogP contribution in [-0.4, -0.2) is 12.5 Å². The van der Waals surface area contributed by atoms with Gasteiger partial charge in [-0.1, -0.05) is 42.5 Å². The largest absolute Gasteiger partial charge is 0.435 e. The molecule has 1 N–H and O–H groups in total. The van der Waals surface area contributed by atoms with Gasteiger partial charge in [0.05, 0.1) is 11.5 Å². The van der Waals surface area contributed by atoms with Crippen molar-refractivity contribution < 1.29 is 18.3 Å². The van der Waals surface area contributed by atoms with Crippen molar-refractivity contribution in [1.82, 2.24) is 5.32 Å². The minimum atomic E-state index is -2.85. The lowest BCUT2D eigenvalue weighted by Crippen LogP contribution is -2.41. The molecular weight excluding hydrogens is 312 g/mol. The molecule has 0 unspecified atom stereocenters. The van der Waals surface area contributed by atoms with E-state index in [1.165, 1.54) is 12.1 Å². The maximum atomic E-state index is 12.6. The molecule has 3 nitrogen and oxygen atoms in total. The molecular formula is C19H21F2NO2. The molecule has 0 saturated carbocycles. The topological polar surface area (TPSA) is 38.3 Å². The van der Waals surface area contributed by atoms with Gasteiger partial charge >= 0.3 is 6.61 Å². The van der Waals surface area contributed by atoms with E-state index >= 15 is 0 Å². The van der Waals surface area contributed by atoms with Crippen LogP contribution in [0.5, 0.6) is 5.75 Å². The normalized spacial score (nSPS) is 12.8. The number of ether oxygens (including phenoxy) is 1. The summed E-state index contributed by atoms with van der Waals surface area (Å²) >= 11 is 0. The van der Waals surface area contributed by atoms with Crippen molar-refractivity contribution in [3.8, 4) is 5.75 Å². The molecule has 0 saturated heterocycles. The van der Waals surface area contributed by atoms with Crippen molar-refractivity contribution >= 4 is 5.91 Å². The molecule has 0 radical (unpaired) electrons. The number of alkyl halides is 2. The van der Waals surface area contributed by atoms with Crippen LogP contribution in [0.2, 0.25) is 0 Å². The quantitative estimate of drug-likeness (QED) is 0.848. The summed E-state index contributed by atoms with van der Waals surface area (Å²) in [5, 5.41) is 2.97. The van der Waals surface area contributed by atoms with Crippen molar-refractivity contribution in [2.45, 2.75) is 38.8 Å². The fourth-order valence-electron chi connectivity index (χ4n) is 2.38. The third-order valence-corrected chi connectivity index (χ3v) is 4.02. The van der Waals surface area contributed by atoms with E-state index in [2.05, 4.69) is 10.1 Å². The maximum absolute atomic E-state index is 12.6. The lowest BCUT2D eigenvalue weighted by molar-refractivity contribution is -0.126. The van der Waals surface area contributed by atoms with E-state index in [9.17, 15) is 13.6 Å². The number of halogens is 2. The summed E-state index contributed by atoms with van der Waals surface area (Å²) in [7, 11) is 0. The molecule has 24 heavy (non-hydrogen) atoms. The fourth-order valence-corrected chi connectivity index (χ4v) is 2.38. The first-order valence-corrected chi connectivity index (χ1v) is 7.72. The number of hydrogen-bond acceptors (Lipinski definition) is 2. The van der Waals surface area contributed by atoms with Crippen LogP contribution in [-0.2, 0) is 10.2 Å². The molecule has 0 aliphatic carbocycles. The SMILES string of the molecule is C[C@@H](NC(=O)C(C)(C)c1ccccc1)c1ccc(OC(F)F)cc1. The molecule has 1 amide bonds. The van der Waals surface area contributed by atoms with Gasteiger partial charge in [0.1, 0.15) is 5.75 Å². The first-order chi connectivity index (χ1) is 11.3. The van der Waals surface area contributed by atoms with E-state index < -0.39 is 12.0 Å². The second-order valence-electron chi connectivity index (χ2n) is 6.13. The van der Waals surface area contributed by atoms with Crippen LogP contribution >= 0.6 is 0 Å². The van der Waals surface area contributed by atoms with Crippen molar-refractivity contribution in [2.24, 2.45) is 0 Å². The van der Waals surface area contributed by atoms with Gasteiger partial charge in [0.15, 0.2) is 0 Å². The molecule has 0 heterocycles. The summed E-state index contributed by atoms with van der Waals surface area (Å²) in [6, 6.07) is 15.5. The molecule has 2 aromatic rings. The van der Waals surface area contributed by atoms with Crippen molar-refractivity contribution in [1.29, 1.82) is 0 Å². The van der Waals surface area contributed by atoms with Crippen LogP contribution < -0.4 is 10.1 Å². The molecule has 2 aromatic carbocycles. The van der Waals surface area contributed by atoms with Crippen LogP contribution in [0, 0.1) is 0 Å². The molecule has 0 bridgehead atoms. The van der Waals surface area contributed by atoms with E-state index in [1.807, 2.05) is 51.1 Å². The molecule has 0 aliphatic rings. The third-order valence-electron chi connectivity index (χ3n) is 4.02. The van der Waals surface area contributed by atoms with E-state index in [0.717, 1.165) is 11.1 Å². The van der Waals surface area contributed by atoms with Gasteiger partial charge in [-0.2, -0.15) is 8.78 Å². The smallest absolute Gasteiger partial charge is 0.387 e. The summed E-state index contributed by atoms with van der Waals surface area (Å²) in [6.07, 6.45) is 0. The molecule has 0 aromatic heterocycles. The highest BCUT2D eigenvalue weighted by molar-refractivity contribution is 5.87. The lowest BCUT2D eigenvalue weighted by Gasteiger charge is -2.26. The van der Waals surface area contributed by atoms with Crippen LogP contribution in [0.15, 0.2) is 54.6 Å². The first kappa shape index (κ1) is 17.9. The van der Waals surface area contributed by atoms with Crippen LogP contribution in [0.1, 0.15) is 37.9 Å². The van der Waals surface area contributed by atoms with Gasteiger partial charge in [-0.15, -0.1) is 0 Å². The predicted molar refractivity (Wildman–Crippen MR) is 89.1 cm³/mol. The number of carbonyl (C=O) groups excluding carboxylic acids is 1. The molecule has 0 fully saturated rings. The highest BCUT2D eigenvalue weighted by atomic mass is 19.3. The first-order valence-electron chi connectivity index (χ1n) is 7.72. The second-order valence-corrected chi connectivity index (χ2v) is 6.13. The summed E-state index contributed by atoms with van der Waals surface area (Å²) in [6.45, 7) is 2.73. The third kappa shape index (κ3) is 4.31. The minimum Gasteiger partial charge on any atom is -0.435 e. The Balaban J connectivity index is 2.06. The van der Waals surface area contributed by atoms with E-state index in [1.54, 1.807) is 12.1 Å². The maximum Gasteiger partial charge on any atom is 0.387 e. The summed E-state index contributed by atoms with van der Waals surface area (Å²) < 4.78 is 28.7. The minimum absolute atomic E-state index is 0.0943. The Hall–Kier alpha value is -2.43. The zero-order chi connectivity index (χ0) is 17.7. The van der Waals surface area contributed by atoms with Gasteiger partial charge in [0.2, 0.25) is 5.91 Å². The van der Waals surface area contributed by atoms with Crippen LogP contribution in [0.4, 0.5) is 8.78 Å². The van der Waals surface area contributed by atoms with Crippen molar-refractivity contribution in [2.75, 3.05) is 0 Å². The average Bonchev–Trinajstić information content (AvgIpc) is 2.55. The fraction of sp³-hybridized carbons (Fsp3) is 0.316.